The molecule has 3 rings (SSSR count). The van der Waals surface area contributed by atoms with Gasteiger partial charge in [-0.1, -0.05) is 0 Å². The number of fused-ring (bicyclic) bond motifs is 1. The van der Waals surface area contributed by atoms with Crippen LogP contribution in [0.4, 0.5) is 5.69 Å². The molecule has 0 aliphatic carbocycles. The van der Waals surface area contributed by atoms with Crippen LogP contribution in [0.3, 0.4) is 0 Å². The maximum atomic E-state index is 5.88. The molecule has 0 amide bonds. The summed E-state index contributed by atoms with van der Waals surface area (Å²) in [5.41, 5.74) is 7.05. The number of piperazine rings is 1. The zero-order chi connectivity index (χ0) is 12.5. The number of benzene rings is 1. The first-order valence-corrected chi connectivity index (χ1v) is 6.33. The summed E-state index contributed by atoms with van der Waals surface area (Å²) < 4.78 is 10.8. The second kappa shape index (κ2) is 4.66. The Labute approximate surface area is 107 Å². The van der Waals surface area contributed by atoms with E-state index in [1.165, 1.54) is 5.69 Å². The van der Waals surface area contributed by atoms with E-state index in [0.717, 1.165) is 31.1 Å². The lowest BCUT2D eigenvalue weighted by molar-refractivity contribution is 0.174. The van der Waals surface area contributed by atoms with Gasteiger partial charge in [-0.3, -0.25) is 0 Å². The highest BCUT2D eigenvalue weighted by Gasteiger charge is 2.25. The summed E-state index contributed by atoms with van der Waals surface area (Å²) in [6, 6.07) is 6.48. The number of likely N-dealkylation sites (N-methyl/N-ethyl adjacent to an activating group) is 1. The normalized spacial score (nSPS) is 23.4. The molecule has 2 aliphatic heterocycles. The van der Waals surface area contributed by atoms with Crippen LogP contribution >= 0.6 is 0 Å². The Kier molecular flexibility index (Phi) is 3.01. The van der Waals surface area contributed by atoms with Crippen molar-refractivity contribution in [3.8, 4) is 11.5 Å². The van der Waals surface area contributed by atoms with Crippen molar-refractivity contribution in [1.29, 1.82) is 0 Å². The maximum Gasteiger partial charge on any atom is 0.231 e. The molecule has 1 aromatic rings. The molecular formula is C13H19N3O2. The smallest absolute Gasteiger partial charge is 0.231 e. The largest absolute Gasteiger partial charge is 0.454 e. The van der Waals surface area contributed by atoms with E-state index in [4.69, 9.17) is 15.2 Å². The minimum absolute atomic E-state index is 0.321. The van der Waals surface area contributed by atoms with Gasteiger partial charge >= 0.3 is 0 Å². The Morgan fingerprint density at radius 2 is 2.11 bits per heavy atom. The zero-order valence-corrected chi connectivity index (χ0v) is 10.6. The molecule has 1 atom stereocenters. The van der Waals surface area contributed by atoms with Crippen LogP contribution in [0.5, 0.6) is 11.5 Å². The van der Waals surface area contributed by atoms with Gasteiger partial charge in [0.05, 0.1) is 6.04 Å². The molecule has 18 heavy (non-hydrogen) atoms. The minimum Gasteiger partial charge on any atom is -0.454 e. The highest BCUT2D eigenvalue weighted by Crippen LogP contribution is 2.36. The minimum atomic E-state index is 0.321. The summed E-state index contributed by atoms with van der Waals surface area (Å²) in [4.78, 5) is 4.68. The van der Waals surface area contributed by atoms with Gasteiger partial charge in [0.2, 0.25) is 6.79 Å². The van der Waals surface area contributed by atoms with E-state index >= 15 is 0 Å². The van der Waals surface area contributed by atoms with Crippen LogP contribution in [-0.4, -0.2) is 51.0 Å². The fourth-order valence-electron chi connectivity index (χ4n) is 2.62. The molecular weight excluding hydrogens is 230 g/mol. The molecule has 0 radical (unpaired) electrons. The Bertz CT molecular complexity index is 438. The summed E-state index contributed by atoms with van der Waals surface area (Å²) in [6.45, 7) is 4.05. The van der Waals surface area contributed by atoms with Gasteiger partial charge in [-0.15, -0.1) is 0 Å². The Morgan fingerprint density at radius 3 is 2.94 bits per heavy atom. The number of nitrogens with two attached hydrogens (primary N) is 1. The first kappa shape index (κ1) is 11.6. The van der Waals surface area contributed by atoms with Crippen LogP contribution < -0.4 is 20.1 Å². The SMILES string of the molecule is CN1CCN(c2ccc3c(c2)OCO3)C(CN)C1. The molecule has 1 saturated heterocycles. The van der Waals surface area contributed by atoms with Crippen molar-refractivity contribution in [3.05, 3.63) is 18.2 Å². The molecule has 2 N–H and O–H groups in total. The average Bonchev–Trinajstić information content (AvgIpc) is 2.85. The second-order valence-corrected chi connectivity index (χ2v) is 4.88. The molecule has 1 fully saturated rings. The first-order chi connectivity index (χ1) is 8.78. The standard InChI is InChI=1S/C13H19N3O2/c1-15-4-5-16(11(7-14)8-15)10-2-3-12-13(6-10)18-9-17-12/h2-3,6,11H,4-5,7-9,14H2,1H3. The molecule has 5 heteroatoms. The van der Waals surface area contributed by atoms with Gasteiger partial charge in [0, 0.05) is 37.9 Å². The molecule has 1 aromatic carbocycles. The monoisotopic (exact) mass is 249 g/mol. The van der Waals surface area contributed by atoms with E-state index in [-0.39, 0.29) is 0 Å². The Balaban J connectivity index is 1.85. The molecule has 2 aliphatic rings. The van der Waals surface area contributed by atoms with Crippen LogP contribution in [0.25, 0.3) is 0 Å². The lowest BCUT2D eigenvalue weighted by atomic mass is 10.1. The molecule has 5 nitrogen and oxygen atoms in total. The van der Waals surface area contributed by atoms with Gasteiger partial charge in [-0.05, 0) is 19.2 Å². The van der Waals surface area contributed by atoms with E-state index in [9.17, 15) is 0 Å². The zero-order valence-electron chi connectivity index (χ0n) is 10.6. The van der Waals surface area contributed by atoms with Crippen LogP contribution in [0.2, 0.25) is 0 Å². The van der Waals surface area contributed by atoms with Crippen molar-refractivity contribution in [2.75, 3.05) is 44.9 Å². The van der Waals surface area contributed by atoms with E-state index in [2.05, 4.69) is 29.0 Å². The quantitative estimate of drug-likeness (QED) is 0.827. The third-order valence-corrected chi connectivity index (χ3v) is 3.65. The highest BCUT2D eigenvalue weighted by molar-refractivity contribution is 5.58. The molecule has 0 spiro atoms. The predicted octanol–water partition coefficient (Wildman–Crippen LogP) is 0.494. The van der Waals surface area contributed by atoms with Crippen LogP contribution in [0, 0.1) is 0 Å². The van der Waals surface area contributed by atoms with E-state index in [1.54, 1.807) is 0 Å². The van der Waals surface area contributed by atoms with Crippen LogP contribution in [0.1, 0.15) is 0 Å². The number of hydrogen-bond acceptors (Lipinski definition) is 5. The number of anilines is 1. The maximum absolute atomic E-state index is 5.88. The fraction of sp³-hybridized carbons (Fsp3) is 0.538. The molecule has 98 valence electrons. The predicted molar refractivity (Wildman–Crippen MR) is 70.3 cm³/mol. The first-order valence-electron chi connectivity index (χ1n) is 6.33. The van der Waals surface area contributed by atoms with Gasteiger partial charge in [-0.2, -0.15) is 0 Å². The van der Waals surface area contributed by atoms with Crippen molar-refractivity contribution in [2.45, 2.75) is 6.04 Å². The summed E-state index contributed by atoms with van der Waals surface area (Å²) in [5, 5.41) is 0. The average molecular weight is 249 g/mol. The lowest BCUT2D eigenvalue weighted by Gasteiger charge is -2.41. The highest BCUT2D eigenvalue weighted by atomic mass is 16.7. The van der Waals surface area contributed by atoms with E-state index in [1.807, 2.05) is 6.07 Å². The molecule has 1 unspecified atom stereocenters. The summed E-state index contributed by atoms with van der Waals surface area (Å²) in [7, 11) is 2.14. The molecule has 0 saturated carbocycles. The van der Waals surface area contributed by atoms with E-state index < -0.39 is 0 Å². The number of hydrogen-bond donors (Lipinski definition) is 1. The van der Waals surface area contributed by atoms with Crippen LogP contribution in [-0.2, 0) is 0 Å². The van der Waals surface area contributed by atoms with Gasteiger partial charge in [0.25, 0.3) is 0 Å². The third kappa shape index (κ3) is 2.00. The number of rotatable bonds is 2. The topological polar surface area (TPSA) is 51.0 Å². The van der Waals surface area contributed by atoms with Gasteiger partial charge in [-0.25, -0.2) is 0 Å². The fourth-order valence-corrected chi connectivity index (χ4v) is 2.62. The summed E-state index contributed by atoms with van der Waals surface area (Å²) in [6.07, 6.45) is 0. The number of nitrogens with zero attached hydrogens (tertiary/aromatic N) is 2. The van der Waals surface area contributed by atoms with Gasteiger partial charge in [0.1, 0.15) is 0 Å². The lowest BCUT2D eigenvalue weighted by Crippen LogP contribution is -2.55. The third-order valence-electron chi connectivity index (χ3n) is 3.65. The van der Waals surface area contributed by atoms with Crippen LogP contribution in [0.15, 0.2) is 18.2 Å². The summed E-state index contributed by atoms with van der Waals surface area (Å²) in [5.74, 6) is 1.67. The van der Waals surface area contributed by atoms with Crippen molar-refractivity contribution in [1.82, 2.24) is 4.90 Å². The molecule has 2 heterocycles. The second-order valence-electron chi connectivity index (χ2n) is 4.88. The van der Waals surface area contributed by atoms with Crippen molar-refractivity contribution in [2.24, 2.45) is 5.73 Å². The van der Waals surface area contributed by atoms with Crippen molar-refractivity contribution in [3.63, 3.8) is 0 Å². The summed E-state index contributed by atoms with van der Waals surface area (Å²) >= 11 is 0. The Hall–Kier alpha value is -1.46. The van der Waals surface area contributed by atoms with Gasteiger partial charge in [0.15, 0.2) is 11.5 Å². The van der Waals surface area contributed by atoms with Crippen molar-refractivity contribution >= 4 is 5.69 Å². The Morgan fingerprint density at radius 1 is 1.28 bits per heavy atom. The van der Waals surface area contributed by atoms with E-state index in [0.29, 0.717) is 19.4 Å². The van der Waals surface area contributed by atoms with Crippen molar-refractivity contribution < 1.29 is 9.47 Å². The number of ether oxygens (including phenoxy) is 2. The molecule has 0 aromatic heterocycles. The molecule has 0 bridgehead atoms. The van der Waals surface area contributed by atoms with Gasteiger partial charge < -0.3 is 25.0 Å².